The zero-order valence-electron chi connectivity index (χ0n) is 12.8. The molecule has 0 radical (unpaired) electrons. The fourth-order valence-electron chi connectivity index (χ4n) is 2.06. The van der Waals surface area contributed by atoms with E-state index >= 15 is 0 Å². The van der Waals surface area contributed by atoms with Crippen molar-refractivity contribution in [3.05, 3.63) is 41.2 Å². The smallest absolute Gasteiger partial charge is 0.227 e. The van der Waals surface area contributed by atoms with Gasteiger partial charge in [0.1, 0.15) is 17.4 Å². The first-order valence-electron chi connectivity index (χ1n) is 7.28. The molecule has 2 aromatic rings. The number of hydrazine groups is 1. The Bertz CT molecular complexity index is 596. The van der Waals surface area contributed by atoms with E-state index in [9.17, 15) is 0 Å². The first-order valence-corrected chi connectivity index (χ1v) is 7.28. The van der Waals surface area contributed by atoms with Gasteiger partial charge in [-0.2, -0.15) is 4.98 Å². The van der Waals surface area contributed by atoms with E-state index in [-0.39, 0.29) is 0 Å². The molecule has 5 nitrogen and oxygen atoms in total. The van der Waals surface area contributed by atoms with Crippen LogP contribution < -0.4 is 16.0 Å². The van der Waals surface area contributed by atoms with Crippen molar-refractivity contribution in [3.63, 3.8) is 0 Å². The molecule has 0 saturated carbocycles. The molecule has 0 atom stereocenters. The van der Waals surface area contributed by atoms with Gasteiger partial charge in [-0.05, 0) is 31.0 Å². The summed E-state index contributed by atoms with van der Waals surface area (Å²) in [7, 11) is 0. The Morgan fingerprint density at radius 2 is 1.86 bits per heavy atom. The molecule has 5 heteroatoms. The number of nitrogens with one attached hydrogen (secondary N) is 1. The van der Waals surface area contributed by atoms with Crippen LogP contribution in [0.3, 0.4) is 0 Å². The summed E-state index contributed by atoms with van der Waals surface area (Å²) >= 11 is 0. The Morgan fingerprint density at radius 1 is 1.14 bits per heavy atom. The molecule has 0 saturated heterocycles. The zero-order chi connectivity index (χ0) is 15.2. The number of aryl methyl sites for hydroxylation is 2. The first kappa shape index (κ1) is 15.3. The average Bonchev–Trinajstić information content (AvgIpc) is 2.51. The van der Waals surface area contributed by atoms with Gasteiger partial charge >= 0.3 is 0 Å². The maximum atomic E-state index is 5.88. The van der Waals surface area contributed by atoms with Crippen LogP contribution in [0.2, 0.25) is 0 Å². The number of aromatic nitrogens is 2. The third-order valence-corrected chi connectivity index (χ3v) is 3.28. The number of nitrogen functional groups attached to an aromatic ring is 1. The average molecular weight is 286 g/mol. The fraction of sp³-hybridized carbons (Fsp3) is 0.375. The maximum absolute atomic E-state index is 5.88. The van der Waals surface area contributed by atoms with E-state index in [0.29, 0.717) is 17.5 Å². The molecule has 1 heterocycles. The number of ether oxygens (including phenoxy) is 1. The van der Waals surface area contributed by atoms with Crippen molar-refractivity contribution in [2.75, 3.05) is 5.43 Å². The van der Waals surface area contributed by atoms with Crippen molar-refractivity contribution in [2.45, 2.75) is 40.0 Å². The standard InChI is InChI=1S/C16H22N4O/c1-4-6-12-7-9-13(10-8-12)21-16-11(3)15(20-17)18-14(5-2)19-16/h7-10H,4-6,17H2,1-3H3,(H,18,19,20). The Labute approximate surface area is 125 Å². The quantitative estimate of drug-likeness (QED) is 0.629. The highest BCUT2D eigenvalue weighted by molar-refractivity contribution is 5.48. The summed E-state index contributed by atoms with van der Waals surface area (Å²) in [6, 6.07) is 8.10. The van der Waals surface area contributed by atoms with Gasteiger partial charge in [0.2, 0.25) is 5.88 Å². The number of hydrogen-bond donors (Lipinski definition) is 2. The Hall–Kier alpha value is -2.14. The molecule has 0 unspecified atom stereocenters. The van der Waals surface area contributed by atoms with Gasteiger partial charge in [0.05, 0.1) is 5.56 Å². The van der Waals surface area contributed by atoms with Crippen LogP contribution in [0.5, 0.6) is 11.6 Å². The van der Waals surface area contributed by atoms with Gasteiger partial charge in [-0.3, -0.25) is 0 Å². The van der Waals surface area contributed by atoms with Gasteiger partial charge < -0.3 is 10.2 Å². The molecule has 21 heavy (non-hydrogen) atoms. The van der Waals surface area contributed by atoms with E-state index < -0.39 is 0 Å². The largest absolute Gasteiger partial charge is 0.439 e. The molecule has 0 bridgehead atoms. The van der Waals surface area contributed by atoms with Crippen LogP contribution in [0, 0.1) is 6.92 Å². The number of nitrogens with two attached hydrogens (primary N) is 1. The summed E-state index contributed by atoms with van der Waals surface area (Å²) < 4.78 is 5.88. The van der Waals surface area contributed by atoms with Gasteiger partial charge in [-0.15, -0.1) is 0 Å². The summed E-state index contributed by atoms with van der Waals surface area (Å²) in [4.78, 5) is 8.75. The summed E-state index contributed by atoms with van der Waals surface area (Å²) in [5.41, 5.74) is 4.70. The lowest BCUT2D eigenvalue weighted by Gasteiger charge is -2.12. The molecule has 1 aromatic carbocycles. The van der Waals surface area contributed by atoms with Gasteiger partial charge in [-0.25, -0.2) is 10.8 Å². The molecule has 1 aromatic heterocycles. The normalized spacial score (nSPS) is 10.5. The molecule has 0 fully saturated rings. The predicted octanol–water partition coefficient (Wildman–Crippen LogP) is 3.38. The third-order valence-electron chi connectivity index (χ3n) is 3.28. The van der Waals surface area contributed by atoms with Gasteiger partial charge in [-0.1, -0.05) is 32.4 Å². The summed E-state index contributed by atoms with van der Waals surface area (Å²) in [5.74, 6) is 8.10. The van der Waals surface area contributed by atoms with Crippen LogP contribution >= 0.6 is 0 Å². The van der Waals surface area contributed by atoms with Gasteiger partial charge in [0.15, 0.2) is 0 Å². The molecule has 112 valence electrons. The van der Waals surface area contributed by atoms with Crippen LogP contribution in [-0.2, 0) is 12.8 Å². The lowest BCUT2D eigenvalue weighted by atomic mass is 10.1. The highest BCUT2D eigenvalue weighted by Crippen LogP contribution is 2.27. The molecule has 2 rings (SSSR count). The second kappa shape index (κ2) is 7.04. The number of anilines is 1. The van der Waals surface area contributed by atoms with Crippen LogP contribution in [0.1, 0.15) is 37.2 Å². The van der Waals surface area contributed by atoms with Crippen molar-refractivity contribution in [1.29, 1.82) is 0 Å². The van der Waals surface area contributed by atoms with Crippen LogP contribution in [0.4, 0.5) is 5.82 Å². The second-order valence-electron chi connectivity index (χ2n) is 4.91. The molecular weight excluding hydrogens is 264 g/mol. The van der Waals surface area contributed by atoms with Crippen LogP contribution in [0.25, 0.3) is 0 Å². The van der Waals surface area contributed by atoms with E-state index in [0.717, 1.165) is 30.6 Å². The third kappa shape index (κ3) is 3.70. The molecule has 0 amide bonds. The summed E-state index contributed by atoms with van der Waals surface area (Å²) in [6.07, 6.45) is 2.94. The fourth-order valence-corrected chi connectivity index (χ4v) is 2.06. The SMILES string of the molecule is CCCc1ccc(Oc2nc(CC)nc(NN)c2C)cc1. The second-order valence-corrected chi connectivity index (χ2v) is 4.91. The van der Waals surface area contributed by atoms with Crippen molar-refractivity contribution in [3.8, 4) is 11.6 Å². The summed E-state index contributed by atoms with van der Waals surface area (Å²) in [5, 5.41) is 0. The summed E-state index contributed by atoms with van der Waals surface area (Å²) in [6.45, 7) is 6.05. The molecule has 0 aliphatic heterocycles. The monoisotopic (exact) mass is 286 g/mol. The number of hydrogen-bond acceptors (Lipinski definition) is 5. The van der Waals surface area contributed by atoms with Crippen LogP contribution in [0.15, 0.2) is 24.3 Å². The lowest BCUT2D eigenvalue weighted by Crippen LogP contribution is -2.13. The Balaban J connectivity index is 2.25. The number of rotatable bonds is 6. The van der Waals surface area contributed by atoms with Gasteiger partial charge in [0.25, 0.3) is 0 Å². The van der Waals surface area contributed by atoms with Crippen molar-refractivity contribution in [1.82, 2.24) is 9.97 Å². The zero-order valence-corrected chi connectivity index (χ0v) is 12.8. The molecular formula is C16H22N4O. The lowest BCUT2D eigenvalue weighted by molar-refractivity contribution is 0.455. The number of benzene rings is 1. The van der Waals surface area contributed by atoms with E-state index in [1.807, 2.05) is 26.0 Å². The molecule has 0 aliphatic carbocycles. The highest BCUT2D eigenvalue weighted by Gasteiger charge is 2.11. The minimum Gasteiger partial charge on any atom is -0.439 e. The molecule has 0 spiro atoms. The van der Waals surface area contributed by atoms with E-state index in [4.69, 9.17) is 10.6 Å². The van der Waals surface area contributed by atoms with Crippen molar-refractivity contribution in [2.24, 2.45) is 5.84 Å². The van der Waals surface area contributed by atoms with E-state index in [2.05, 4.69) is 34.5 Å². The highest BCUT2D eigenvalue weighted by atomic mass is 16.5. The van der Waals surface area contributed by atoms with E-state index in [1.165, 1.54) is 5.56 Å². The minimum absolute atomic E-state index is 0.540. The first-order chi connectivity index (χ1) is 10.2. The van der Waals surface area contributed by atoms with Crippen LogP contribution in [-0.4, -0.2) is 9.97 Å². The molecule has 0 aliphatic rings. The minimum atomic E-state index is 0.540. The maximum Gasteiger partial charge on any atom is 0.227 e. The topological polar surface area (TPSA) is 73.1 Å². The van der Waals surface area contributed by atoms with E-state index in [1.54, 1.807) is 0 Å². The Morgan fingerprint density at radius 3 is 2.43 bits per heavy atom. The Kier molecular flexibility index (Phi) is 5.11. The van der Waals surface area contributed by atoms with Crippen molar-refractivity contribution < 1.29 is 4.74 Å². The molecule has 3 N–H and O–H groups in total. The number of nitrogens with zero attached hydrogens (tertiary/aromatic N) is 2. The predicted molar refractivity (Wildman–Crippen MR) is 84.5 cm³/mol. The van der Waals surface area contributed by atoms with Gasteiger partial charge in [0, 0.05) is 6.42 Å². The van der Waals surface area contributed by atoms with Crippen molar-refractivity contribution >= 4 is 5.82 Å².